The SMILES string of the molecule is Nn1c2c(c3cc(C(=O)c4ccc(F)cc4)ccc31)CC(NCCc1ccccc1)CC2. The van der Waals surface area contributed by atoms with Crippen LogP contribution < -0.4 is 11.2 Å². The van der Waals surface area contributed by atoms with Gasteiger partial charge in [-0.05, 0) is 85.8 Å². The average Bonchev–Trinajstić information content (AvgIpc) is 3.11. The molecule has 5 heteroatoms. The molecule has 3 aromatic carbocycles. The third-order valence-corrected chi connectivity index (χ3v) is 6.46. The number of halogens is 1. The van der Waals surface area contributed by atoms with Crippen molar-refractivity contribution in [3.05, 3.63) is 107 Å². The highest BCUT2D eigenvalue weighted by molar-refractivity contribution is 6.10. The van der Waals surface area contributed by atoms with Crippen LogP contribution in [0.15, 0.2) is 72.8 Å². The monoisotopic (exact) mass is 427 g/mol. The van der Waals surface area contributed by atoms with E-state index in [-0.39, 0.29) is 11.6 Å². The summed E-state index contributed by atoms with van der Waals surface area (Å²) in [6.45, 7) is 0.930. The predicted molar refractivity (Wildman–Crippen MR) is 126 cm³/mol. The zero-order chi connectivity index (χ0) is 22.1. The van der Waals surface area contributed by atoms with Gasteiger partial charge in [0.1, 0.15) is 5.82 Å². The number of nitrogens with zero attached hydrogens (tertiary/aromatic N) is 1. The van der Waals surface area contributed by atoms with Gasteiger partial charge in [0.05, 0.1) is 5.52 Å². The van der Waals surface area contributed by atoms with E-state index in [0.29, 0.717) is 17.2 Å². The molecule has 5 rings (SSSR count). The molecule has 1 unspecified atom stereocenters. The standard InChI is InChI=1S/C27H26FN3O/c28-21-9-6-19(7-10-21)27(32)20-8-12-25-23(16-20)24-17-22(11-13-26(24)31(25)29)30-15-14-18-4-2-1-3-5-18/h1-10,12,16,22,30H,11,13-15,17,29H2. The smallest absolute Gasteiger partial charge is 0.193 e. The minimum atomic E-state index is -0.350. The van der Waals surface area contributed by atoms with Gasteiger partial charge < -0.3 is 11.2 Å². The summed E-state index contributed by atoms with van der Waals surface area (Å²) in [4.78, 5) is 12.9. The Morgan fingerprint density at radius 1 is 1.03 bits per heavy atom. The first kappa shape index (κ1) is 20.5. The van der Waals surface area contributed by atoms with Crippen molar-refractivity contribution in [3.8, 4) is 0 Å². The number of aromatic nitrogens is 1. The van der Waals surface area contributed by atoms with Gasteiger partial charge in [0.2, 0.25) is 0 Å². The van der Waals surface area contributed by atoms with E-state index >= 15 is 0 Å². The van der Waals surface area contributed by atoms with Gasteiger partial charge >= 0.3 is 0 Å². The van der Waals surface area contributed by atoms with Crippen LogP contribution in [0.3, 0.4) is 0 Å². The van der Waals surface area contributed by atoms with Crippen LogP contribution >= 0.6 is 0 Å². The van der Waals surface area contributed by atoms with Crippen LogP contribution in [-0.4, -0.2) is 23.0 Å². The molecule has 0 saturated carbocycles. The molecule has 1 heterocycles. The van der Waals surface area contributed by atoms with Crippen molar-refractivity contribution >= 4 is 16.7 Å². The summed E-state index contributed by atoms with van der Waals surface area (Å²) < 4.78 is 15.0. The Morgan fingerprint density at radius 3 is 2.56 bits per heavy atom. The van der Waals surface area contributed by atoms with E-state index in [4.69, 9.17) is 5.84 Å². The van der Waals surface area contributed by atoms with E-state index < -0.39 is 0 Å². The van der Waals surface area contributed by atoms with Crippen LogP contribution in [-0.2, 0) is 19.3 Å². The average molecular weight is 428 g/mol. The van der Waals surface area contributed by atoms with E-state index in [1.54, 1.807) is 10.7 Å². The molecule has 4 aromatic rings. The summed E-state index contributed by atoms with van der Waals surface area (Å²) in [6.07, 6.45) is 3.83. The number of nitrogens with two attached hydrogens (primary N) is 1. The quantitative estimate of drug-likeness (QED) is 0.354. The van der Waals surface area contributed by atoms with Gasteiger partial charge in [0.15, 0.2) is 5.78 Å². The highest BCUT2D eigenvalue weighted by Gasteiger charge is 2.25. The maximum Gasteiger partial charge on any atom is 0.193 e. The van der Waals surface area contributed by atoms with Crippen molar-refractivity contribution in [1.82, 2.24) is 9.99 Å². The lowest BCUT2D eigenvalue weighted by atomic mass is 9.90. The molecule has 3 N–H and O–H groups in total. The Balaban J connectivity index is 1.37. The van der Waals surface area contributed by atoms with E-state index in [0.717, 1.165) is 48.8 Å². The van der Waals surface area contributed by atoms with Crippen molar-refractivity contribution in [2.75, 3.05) is 12.4 Å². The minimum Gasteiger partial charge on any atom is -0.339 e. The van der Waals surface area contributed by atoms with Crippen molar-refractivity contribution in [1.29, 1.82) is 0 Å². The first-order chi connectivity index (χ1) is 15.6. The molecule has 0 saturated heterocycles. The van der Waals surface area contributed by atoms with Gasteiger partial charge in [-0.25, -0.2) is 4.39 Å². The van der Waals surface area contributed by atoms with Crippen molar-refractivity contribution < 1.29 is 9.18 Å². The molecule has 0 aliphatic heterocycles. The predicted octanol–water partition coefficient (Wildman–Crippen LogP) is 4.41. The lowest BCUT2D eigenvalue weighted by molar-refractivity contribution is 0.103. The van der Waals surface area contributed by atoms with Crippen LogP contribution in [0, 0.1) is 5.82 Å². The summed E-state index contributed by atoms with van der Waals surface area (Å²) in [5.74, 6) is 5.94. The molecule has 0 radical (unpaired) electrons. The normalized spacial score (nSPS) is 15.6. The molecule has 0 amide bonds. The number of nitrogens with one attached hydrogen (secondary N) is 1. The molecule has 0 spiro atoms. The molecular formula is C27H26FN3O. The summed E-state index contributed by atoms with van der Waals surface area (Å²) in [6, 6.07) is 22.2. The Bertz CT molecular complexity index is 1260. The van der Waals surface area contributed by atoms with E-state index in [1.807, 2.05) is 18.2 Å². The van der Waals surface area contributed by atoms with Crippen LogP contribution in [0.4, 0.5) is 4.39 Å². The zero-order valence-corrected chi connectivity index (χ0v) is 17.9. The molecule has 4 nitrogen and oxygen atoms in total. The fourth-order valence-corrected chi connectivity index (χ4v) is 4.74. The number of rotatable bonds is 6. The summed E-state index contributed by atoms with van der Waals surface area (Å²) in [5.41, 5.74) is 5.71. The van der Waals surface area contributed by atoms with Crippen molar-refractivity contribution in [3.63, 3.8) is 0 Å². The summed E-state index contributed by atoms with van der Waals surface area (Å²) >= 11 is 0. The molecule has 32 heavy (non-hydrogen) atoms. The zero-order valence-electron chi connectivity index (χ0n) is 17.9. The summed E-state index contributed by atoms with van der Waals surface area (Å²) in [7, 11) is 0. The van der Waals surface area contributed by atoms with E-state index in [2.05, 4.69) is 29.6 Å². The van der Waals surface area contributed by atoms with Gasteiger partial charge in [0, 0.05) is 28.2 Å². The fourth-order valence-electron chi connectivity index (χ4n) is 4.74. The number of hydrogen-bond acceptors (Lipinski definition) is 3. The molecule has 1 aromatic heterocycles. The molecule has 0 fully saturated rings. The van der Waals surface area contributed by atoms with Crippen molar-refractivity contribution in [2.45, 2.75) is 31.7 Å². The molecule has 1 aliphatic carbocycles. The number of hydrogen-bond donors (Lipinski definition) is 2. The number of benzene rings is 3. The fraction of sp³-hybridized carbons (Fsp3) is 0.222. The lowest BCUT2D eigenvalue weighted by Crippen LogP contribution is -2.36. The molecule has 0 bridgehead atoms. The molecule has 1 atom stereocenters. The van der Waals surface area contributed by atoms with Gasteiger partial charge in [-0.3, -0.25) is 9.47 Å². The minimum absolute atomic E-state index is 0.112. The summed E-state index contributed by atoms with van der Waals surface area (Å²) in [5, 5.41) is 4.73. The number of ketones is 1. The van der Waals surface area contributed by atoms with Crippen LogP contribution in [0.25, 0.3) is 10.9 Å². The van der Waals surface area contributed by atoms with Crippen LogP contribution in [0.1, 0.15) is 39.2 Å². The van der Waals surface area contributed by atoms with Crippen LogP contribution in [0.5, 0.6) is 0 Å². The second-order valence-electron chi connectivity index (χ2n) is 8.49. The van der Waals surface area contributed by atoms with Gasteiger partial charge in [-0.15, -0.1) is 0 Å². The first-order valence-corrected chi connectivity index (χ1v) is 11.1. The number of carbonyl (C=O) groups excluding carboxylic acids is 1. The Kier molecular flexibility index (Phi) is 5.50. The maximum absolute atomic E-state index is 13.2. The maximum atomic E-state index is 13.2. The third-order valence-electron chi connectivity index (χ3n) is 6.46. The second-order valence-corrected chi connectivity index (χ2v) is 8.49. The van der Waals surface area contributed by atoms with Crippen molar-refractivity contribution in [2.24, 2.45) is 0 Å². The molecule has 1 aliphatic rings. The highest BCUT2D eigenvalue weighted by Crippen LogP contribution is 2.32. The van der Waals surface area contributed by atoms with Gasteiger partial charge in [0.25, 0.3) is 0 Å². The number of carbonyl (C=O) groups is 1. The number of nitrogen functional groups attached to an aromatic ring is 1. The first-order valence-electron chi connectivity index (χ1n) is 11.1. The van der Waals surface area contributed by atoms with Crippen LogP contribution in [0.2, 0.25) is 0 Å². The number of fused-ring (bicyclic) bond motifs is 3. The Hall–Kier alpha value is -3.44. The lowest BCUT2D eigenvalue weighted by Gasteiger charge is -2.24. The highest BCUT2D eigenvalue weighted by atomic mass is 19.1. The van der Waals surface area contributed by atoms with E-state index in [9.17, 15) is 9.18 Å². The van der Waals surface area contributed by atoms with E-state index in [1.165, 1.54) is 35.4 Å². The molecule has 162 valence electrons. The topological polar surface area (TPSA) is 60.0 Å². The largest absolute Gasteiger partial charge is 0.339 e. The van der Waals surface area contributed by atoms with Gasteiger partial charge in [-0.1, -0.05) is 30.3 Å². The third kappa shape index (κ3) is 3.92. The second kappa shape index (κ2) is 8.60. The van der Waals surface area contributed by atoms with Gasteiger partial charge in [-0.2, -0.15) is 0 Å². The molecular weight excluding hydrogens is 401 g/mol. The Morgan fingerprint density at radius 2 is 1.78 bits per heavy atom. The Labute approximate surface area is 186 Å².